The van der Waals surface area contributed by atoms with Gasteiger partial charge in [0.05, 0.1) is 51.3 Å². The summed E-state index contributed by atoms with van der Waals surface area (Å²) < 4.78 is 32.2. The van der Waals surface area contributed by atoms with Gasteiger partial charge in [0.15, 0.2) is 0 Å². The summed E-state index contributed by atoms with van der Waals surface area (Å²) in [7, 11) is -1.61. The maximum Gasteiger partial charge on any atom is 0.243 e. The number of likely N-dealkylation sites (N-methyl/N-ethyl adjacent to an activating group) is 2. The smallest absolute Gasteiger partial charge is 0.243 e. The van der Waals surface area contributed by atoms with Crippen LogP contribution in [0.5, 0.6) is 5.75 Å². The number of piperazine rings is 1. The Labute approximate surface area is 150 Å². The molecule has 1 aromatic rings. The minimum Gasteiger partial charge on any atom is -0.494 e. The molecule has 0 atom stereocenters. The van der Waals surface area contributed by atoms with Crippen molar-refractivity contribution < 1.29 is 22.8 Å². The van der Waals surface area contributed by atoms with Crippen LogP contribution in [0.3, 0.4) is 0 Å². The van der Waals surface area contributed by atoms with Gasteiger partial charge in [-0.3, -0.25) is 4.79 Å². The van der Waals surface area contributed by atoms with E-state index in [4.69, 9.17) is 4.74 Å². The molecule has 0 bridgehead atoms. The highest BCUT2D eigenvalue weighted by atomic mass is 32.2. The third kappa shape index (κ3) is 4.93. The molecule has 1 aromatic carbocycles. The lowest BCUT2D eigenvalue weighted by atomic mass is 10.3. The van der Waals surface area contributed by atoms with Gasteiger partial charge >= 0.3 is 0 Å². The molecule has 25 heavy (non-hydrogen) atoms. The number of benzene rings is 1. The Morgan fingerprint density at radius 1 is 1.20 bits per heavy atom. The predicted octanol–water partition coefficient (Wildman–Crippen LogP) is -0.547. The van der Waals surface area contributed by atoms with Gasteiger partial charge in [-0.2, -0.15) is 4.31 Å². The van der Waals surface area contributed by atoms with E-state index in [1.165, 1.54) is 21.3 Å². The number of hydrogen-bond donors (Lipinski definition) is 1. The molecular weight excluding hydrogens is 342 g/mol. The molecule has 140 valence electrons. The lowest BCUT2D eigenvalue weighted by molar-refractivity contribution is -0.883. The zero-order valence-corrected chi connectivity index (χ0v) is 16.0. The molecule has 8 heteroatoms. The summed E-state index contributed by atoms with van der Waals surface area (Å²) in [4.78, 5) is 15.8. The second kappa shape index (κ2) is 8.64. The standard InChI is InChI=1S/C17H27N3O4S/c1-4-20(14-17(21)19-12-10-18(3)11-13-19)25(22,23)16-8-6-15(7-9-16)24-5-2/h6-9H,4-5,10-14H2,1-3H3/p+1. The molecule has 1 fully saturated rings. The van der Waals surface area contributed by atoms with Crippen LogP contribution in [0.2, 0.25) is 0 Å². The molecule has 7 nitrogen and oxygen atoms in total. The second-order valence-corrected chi connectivity index (χ2v) is 8.11. The van der Waals surface area contributed by atoms with Crippen LogP contribution in [0, 0.1) is 0 Å². The minimum absolute atomic E-state index is 0.120. The highest BCUT2D eigenvalue weighted by molar-refractivity contribution is 7.89. The number of ether oxygens (including phenoxy) is 1. The number of carbonyl (C=O) groups is 1. The fourth-order valence-electron chi connectivity index (χ4n) is 2.78. The molecule has 1 amide bonds. The third-order valence-corrected chi connectivity index (χ3v) is 6.34. The van der Waals surface area contributed by atoms with Gasteiger partial charge in [-0.05, 0) is 31.2 Å². The Kier molecular flexibility index (Phi) is 6.80. The molecule has 0 spiro atoms. The largest absolute Gasteiger partial charge is 0.494 e. The predicted molar refractivity (Wildman–Crippen MR) is 95.2 cm³/mol. The molecule has 1 aliphatic rings. The first-order valence-electron chi connectivity index (χ1n) is 8.70. The van der Waals surface area contributed by atoms with Crippen LogP contribution in [-0.2, 0) is 14.8 Å². The van der Waals surface area contributed by atoms with E-state index in [1.807, 2.05) is 6.92 Å². The van der Waals surface area contributed by atoms with Crippen LogP contribution in [-0.4, -0.2) is 76.5 Å². The summed E-state index contributed by atoms with van der Waals surface area (Å²) in [6.45, 7) is 7.39. The van der Waals surface area contributed by atoms with Crippen molar-refractivity contribution in [1.29, 1.82) is 0 Å². The van der Waals surface area contributed by atoms with Crippen molar-refractivity contribution in [2.75, 3.05) is 52.9 Å². The summed E-state index contributed by atoms with van der Waals surface area (Å²) in [6.07, 6.45) is 0. The molecule has 1 heterocycles. The van der Waals surface area contributed by atoms with Crippen LogP contribution in [0.1, 0.15) is 13.8 Å². The average Bonchev–Trinajstić information content (AvgIpc) is 2.60. The maximum atomic E-state index is 12.8. The highest BCUT2D eigenvalue weighted by Gasteiger charge is 2.29. The fourth-order valence-corrected chi connectivity index (χ4v) is 4.18. The number of nitrogens with zero attached hydrogens (tertiary/aromatic N) is 2. The number of nitrogens with one attached hydrogen (secondary N) is 1. The van der Waals surface area contributed by atoms with E-state index in [0.717, 1.165) is 13.1 Å². The minimum atomic E-state index is -3.70. The zero-order chi connectivity index (χ0) is 18.4. The first kappa shape index (κ1) is 19.7. The van der Waals surface area contributed by atoms with E-state index >= 15 is 0 Å². The van der Waals surface area contributed by atoms with Gasteiger partial charge in [-0.1, -0.05) is 6.92 Å². The van der Waals surface area contributed by atoms with Crippen molar-refractivity contribution in [3.63, 3.8) is 0 Å². The van der Waals surface area contributed by atoms with Gasteiger partial charge in [0.2, 0.25) is 15.9 Å². The summed E-state index contributed by atoms with van der Waals surface area (Å²) in [6, 6.07) is 6.31. The number of amides is 1. The monoisotopic (exact) mass is 370 g/mol. The molecule has 0 aliphatic carbocycles. The normalized spacial score (nSPS) is 16.2. The van der Waals surface area contributed by atoms with Crippen LogP contribution >= 0.6 is 0 Å². The molecule has 2 rings (SSSR count). The van der Waals surface area contributed by atoms with Crippen molar-refractivity contribution in [3.05, 3.63) is 24.3 Å². The van der Waals surface area contributed by atoms with Gasteiger partial charge < -0.3 is 14.5 Å². The van der Waals surface area contributed by atoms with Crippen molar-refractivity contribution in [1.82, 2.24) is 9.21 Å². The summed E-state index contributed by atoms with van der Waals surface area (Å²) in [5.74, 6) is 0.490. The van der Waals surface area contributed by atoms with Crippen molar-refractivity contribution >= 4 is 15.9 Å². The highest BCUT2D eigenvalue weighted by Crippen LogP contribution is 2.19. The quantitative estimate of drug-likeness (QED) is 0.699. The maximum absolute atomic E-state index is 12.8. The van der Waals surface area contributed by atoms with E-state index in [1.54, 1.807) is 24.0 Å². The SMILES string of the molecule is CCOc1ccc(S(=O)(=O)N(CC)CC(=O)N2CC[NH+](C)CC2)cc1. The molecule has 0 unspecified atom stereocenters. The Hall–Kier alpha value is -1.64. The summed E-state index contributed by atoms with van der Waals surface area (Å²) >= 11 is 0. The zero-order valence-electron chi connectivity index (χ0n) is 15.2. The Balaban J connectivity index is 2.08. The van der Waals surface area contributed by atoms with Gasteiger partial charge in [0.1, 0.15) is 5.75 Å². The van der Waals surface area contributed by atoms with Crippen molar-refractivity contribution in [2.24, 2.45) is 0 Å². The molecular formula is C17H28N3O4S+. The topological polar surface area (TPSA) is 71.4 Å². The number of quaternary nitrogens is 1. The number of rotatable bonds is 7. The van der Waals surface area contributed by atoms with E-state index < -0.39 is 10.0 Å². The van der Waals surface area contributed by atoms with Gasteiger partial charge in [-0.15, -0.1) is 0 Å². The van der Waals surface area contributed by atoms with Crippen molar-refractivity contribution in [2.45, 2.75) is 18.7 Å². The van der Waals surface area contributed by atoms with Gasteiger partial charge in [-0.25, -0.2) is 8.42 Å². The van der Waals surface area contributed by atoms with Crippen molar-refractivity contribution in [3.8, 4) is 5.75 Å². The molecule has 0 radical (unpaired) electrons. The molecule has 0 saturated carbocycles. The first-order chi connectivity index (χ1) is 11.9. The lowest BCUT2D eigenvalue weighted by Crippen LogP contribution is -3.12. The Morgan fingerprint density at radius 2 is 1.80 bits per heavy atom. The number of hydrogen-bond acceptors (Lipinski definition) is 4. The van der Waals surface area contributed by atoms with Crippen LogP contribution in [0.15, 0.2) is 29.2 Å². The Morgan fingerprint density at radius 3 is 2.32 bits per heavy atom. The van der Waals surface area contributed by atoms with Gasteiger partial charge in [0.25, 0.3) is 0 Å². The molecule has 1 N–H and O–H groups in total. The summed E-state index contributed by atoms with van der Waals surface area (Å²) in [5, 5.41) is 0. The summed E-state index contributed by atoms with van der Waals surface area (Å²) in [5.41, 5.74) is 0. The second-order valence-electron chi connectivity index (χ2n) is 6.17. The van der Waals surface area contributed by atoms with Crippen LogP contribution < -0.4 is 9.64 Å². The average molecular weight is 370 g/mol. The third-order valence-electron chi connectivity index (χ3n) is 4.41. The van der Waals surface area contributed by atoms with Crippen LogP contribution in [0.25, 0.3) is 0 Å². The molecule has 1 saturated heterocycles. The van der Waals surface area contributed by atoms with E-state index in [9.17, 15) is 13.2 Å². The molecule has 1 aliphatic heterocycles. The van der Waals surface area contributed by atoms with Gasteiger partial charge in [0, 0.05) is 6.54 Å². The lowest BCUT2D eigenvalue weighted by Gasteiger charge is -2.31. The fraction of sp³-hybridized carbons (Fsp3) is 0.588. The van der Waals surface area contributed by atoms with Crippen LogP contribution in [0.4, 0.5) is 0 Å². The van der Waals surface area contributed by atoms with E-state index in [2.05, 4.69) is 7.05 Å². The van der Waals surface area contributed by atoms with E-state index in [-0.39, 0.29) is 23.9 Å². The van der Waals surface area contributed by atoms with E-state index in [0.29, 0.717) is 25.4 Å². The number of carbonyl (C=O) groups excluding carboxylic acids is 1. The first-order valence-corrected chi connectivity index (χ1v) is 10.1. The molecule has 0 aromatic heterocycles. The Bertz CT molecular complexity index is 668. The number of sulfonamides is 1.